The van der Waals surface area contributed by atoms with E-state index in [1.54, 1.807) is 0 Å². The van der Waals surface area contributed by atoms with Crippen molar-refractivity contribution in [3.05, 3.63) is 0 Å². The molecule has 8 aliphatic carbocycles. The predicted octanol–water partition coefficient (Wildman–Crippen LogP) is 1.95. The van der Waals surface area contributed by atoms with Crippen LogP contribution < -0.4 is 10.5 Å². The van der Waals surface area contributed by atoms with Crippen molar-refractivity contribution in [3.63, 3.8) is 0 Å². The third-order valence-corrected chi connectivity index (χ3v) is 11.7. The molecule has 6 unspecified atom stereocenters. The zero-order valence-electron chi connectivity index (χ0n) is 25.1. The molecule has 0 amide bonds. The minimum atomic E-state index is -2.58. The SMILES string of the molecule is CC(F)(SOO[O-])C(=O)OCC12CC3CC(CC(O)(C3)C1)C2.CC(F)(SOO[O-])C(=O)OCC12CC3CC(O)(CC(O)(C3)C1)C2. The molecule has 0 radical (unpaired) electrons. The molecule has 8 bridgehead atoms. The van der Waals surface area contributed by atoms with E-state index >= 15 is 0 Å². The highest BCUT2D eigenvalue weighted by atomic mass is 32.2. The fourth-order valence-corrected chi connectivity index (χ4v) is 10.7. The molecule has 0 aromatic heterocycles. The Morgan fingerprint density at radius 3 is 1.51 bits per heavy atom. The zero-order valence-corrected chi connectivity index (χ0v) is 26.8. The van der Waals surface area contributed by atoms with E-state index in [4.69, 9.17) is 9.47 Å². The second kappa shape index (κ2) is 12.5. The normalized spacial score (nSPS) is 43.2. The Balaban J connectivity index is 0.000000178. The van der Waals surface area contributed by atoms with E-state index in [-0.39, 0.29) is 48.6 Å². The van der Waals surface area contributed by atoms with Gasteiger partial charge in [-0.25, -0.2) is 18.4 Å². The molecule has 0 aromatic carbocycles. The van der Waals surface area contributed by atoms with Gasteiger partial charge in [0.1, 0.15) is 0 Å². The third kappa shape index (κ3) is 7.90. The monoisotopic (exact) mass is 686 g/mol. The summed E-state index contributed by atoms with van der Waals surface area (Å²) in [7, 11) is 0. The van der Waals surface area contributed by atoms with Gasteiger partial charge in [-0.15, -0.1) is 0 Å². The van der Waals surface area contributed by atoms with Crippen LogP contribution in [0.4, 0.5) is 8.78 Å². The summed E-state index contributed by atoms with van der Waals surface area (Å²) < 4.78 is 46.0. The van der Waals surface area contributed by atoms with Crippen molar-refractivity contribution < 1.29 is 72.4 Å². The molecule has 45 heavy (non-hydrogen) atoms. The second-order valence-corrected chi connectivity index (χ2v) is 17.2. The van der Waals surface area contributed by atoms with E-state index in [0.29, 0.717) is 50.4 Å². The molecular weight excluding hydrogens is 646 g/mol. The standard InChI is InChI=1S/C14H21FO7S.C14H21FO6S/c1-11(15,23-22-21-19)10(16)20-8-12-2-9-3-13(17,5-12)7-14(18,4-9)6-12;1-12(15,22-21-20-18)11(16)19-8-13-3-9-2-10(4-13)6-14(17,5-9)7-13/h9,17-19H,2-8H2,1H3;9-10,17-18H,2-8H2,1H3/p-2. The first-order valence-electron chi connectivity index (χ1n) is 15.0. The lowest BCUT2D eigenvalue weighted by molar-refractivity contribution is -0.777. The predicted molar refractivity (Wildman–Crippen MR) is 146 cm³/mol. The first-order valence-corrected chi connectivity index (χ1v) is 16.5. The van der Waals surface area contributed by atoms with Crippen molar-refractivity contribution in [2.45, 2.75) is 118 Å². The van der Waals surface area contributed by atoms with Crippen LogP contribution in [0.15, 0.2) is 0 Å². The van der Waals surface area contributed by atoms with Crippen LogP contribution in [0.5, 0.6) is 0 Å². The maximum Gasteiger partial charge on any atom is 0.356 e. The maximum atomic E-state index is 14.0. The van der Waals surface area contributed by atoms with Gasteiger partial charge in [-0.1, -0.05) is 0 Å². The summed E-state index contributed by atoms with van der Waals surface area (Å²) >= 11 is -0.0947. The highest BCUT2D eigenvalue weighted by Crippen LogP contribution is 2.64. The Labute approximate surface area is 267 Å². The highest BCUT2D eigenvalue weighted by Gasteiger charge is 2.63. The molecule has 3 N–H and O–H groups in total. The third-order valence-electron chi connectivity index (χ3n) is 10.5. The number of carbonyl (C=O) groups excluding carboxylic acids is 2. The van der Waals surface area contributed by atoms with Crippen LogP contribution >= 0.6 is 24.1 Å². The number of esters is 2. The molecule has 8 fully saturated rings. The summed E-state index contributed by atoms with van der Waals surface area (Å²) in [5, 5.41) is 52.3. The van der Waals surface area contributed by atoms with Crippen molar-refractivity contribution in [2.24, 2.45) is 28.6 Å². The lowest BCUT2D eigenvalue weighted by atomic mass is 9.46. The lowest BCUT2D eigenvalue weighted by Gasteiger charge is -2.63. The summed E-state index contributed by atoms with van der Waals surface area (Å²) in [6, 6.07) is 0. The smallest absolute Gasteiger partial charge is 0.356 e. The number of ether oxygens (including phenoxy) is 2. The Kier molecular flexibility index (Phi) is 9.88. The van der Waals surface area contributed by atoms with E-state index in [1.165, 1.54) is 0 Å². The molecule has 0 aromatic rings. The van der Waals surface area contributed by atoms with E-state index in [1.807, 2.05) is 0 Å². The quantitative estimate of drug-likeness (QED) is 0.117. The molecule has 0 saturated heterocycles. The zero-order chi connectivity index (χ0) is 32.9. The first-order chi connectivity index (χ1) is 20.9. The van der Waals surface area contributed by atoms with Crippen LogP contribution in [0.2, 0.25) is 0 Å². The van der Waals surface area contributed by atoms with Crippen LogP contribution in [0.1, 0.15) is 90.9 Å². The van der Waals surface area contributed by atoms with Crippen LogP contribution in [-0.2, 0) is 37.8 Å². The average molecular weight is 687 g/mol. The summed E-state index contributed by atoms with van der Waals surface area (Å²) in [4.78, 5) is 23.7. The van der Waals surface area contributed by atoms with Gasteiger partial charge >= 0.3 is 11.9 Å². The lowest BCUT2D eigenvalue weighted by Crippen LogP contribution is -2.64. The number of aliphatic hydroxyl groups is 3. The first kappa shape index (κ1) is 35.4. The van der Waals surface area contributed by atoms with Gasteiger partial charge in [0.15, 0.2) is 0 Å². The molecule has 258 valence electrons. The van der Waals surface area contributed by atoms with Crippen molar-refractivity contribution in [2.75, 3.05) is 13.2 Å². The molecule has 8 rings (SSSR count). The van der Waals surface area contributed by atoms with E-state index in [9.17, 15) is 44.2 Å². The van der Waals surface area contributed by atoms with E-state index in [2.05, 4.69) is 18.7 Å². The fourth-order valence-electron chi connectivity index (χ4n) is 10.2. The molecule has 6 atom stereocenters. The Morgan fingerprint density at radius 1 is 0.689 bits per heavy atom. The summed E-state index contributed by atoms with van der Waals surface area (Å²) in [5.41, 5.74) is -3.30. The van der Waals surface area contributed by atoms with Gasteiger partial charge in [-0.3, -0.25) is 10.1 Å². The van der Waals surface area contributed by atoms with Gasteiger partial charge in [-0.2, -0.15) is 8.67 Å². The molecule has 0 aliphatic heterocycles. The van der Waals surface area contributed by atoms with Crippen LogP contribution in [0.3, 0.4) is 0 Å². The van der Waals surface area contributed by atoms with Gasteiger partial charge in [0.2, 0.25) is 0 Å². The molecule has 8 saturated carbocycles. The van der Waals surface area contributed by atoms with Gasteiger partial charge in [0, 0.05) is 17.3 Å². The van der Waals surface area contributed by atoms with E-state index in [0.717, 1.165) is 52.4 Å². The molecular formula is C28H40F2O13S2-2. The summed E-state index contributed by atoms with van der Waals surface area (Å²) in [6.45, 7) is 1.87. The van der Waals surface area contributed by atoms with E-state index < -0.39 is 44.2 Å². The van der Waals surface area contributed by atoms with Crippen molar-refractivity contribution in [1.29, 1.82) is 0 Å². The second-order valence-electron chi connectivity index (χ2n) is 15.1. The van der Waals surface area contributed by atoms with Crippen molar-refractivity contribution in [1.82, 2.24) is 0 Å². The van der Waals surface area contributed by atoms with Crippen molar-refractivity contribution >= 4 is 36.0 Å². The molecule has 0 spiro atoms. The van der Waals surface area contributed by atoms with Gasteiger partial charge < -0.3 is 35.3 Å². The topological polar surface area (TPSA) is 196 Å². The number of alkyl halides is 2. The molecule has 13 nitrogen and oxygen atoms in total. The van der Waals surface area contributed by atoms with Gasteiger partial charge in [0.05, 0.1) is 54.1 Å². The number of halogens is 2. The van der Waals surface area contributed by atoms with Crippen molar-refractivity contribution in [3.8, 4) is 0 Å². The molecule has 0 heterocycles. The highest BCUT2D eigenvalue weighted by molar-refractivity contribution is 7.96. The summed E-state index contributed by atoms with van der Waals surface area (Å²) in [5.74, 6) is -1.17. The number of hydrogen-bond acceptors (Lipinski definition) is 15. The van der Waals surface area contributed by atoms with Gasteiger partial charge in [-0.05, 0) is 102 Å². The largest absolute Gasteiger partial charge is 0.691 e. The average Bonchev–Trinajstić information content (AvgIpc) is 2.89. The molecule has 8 aliphatic rings. The Bertz CT molecular complexity index is 1090. The van der Waals surface area contributed by atoms with Crippen LogP contribution in [0.25, 0.3) is 0 Å². The maximum absolute atomic E-state index is 14.0. The Morgan fingerprint density at radius 2 is 1.09 bits per heavy atom. The fraction of sp³-hybridized carbons (Fsp3) is 0.929. The number of rotatable bonds is 12. The summed E-state index contributed by atoms with van der Waals surface area (Å²) in [6.07, 6.45) is 8.45. The number of carbonyl (C=O) groups is 2. The minimum Gasteiger partial charge on any atom is -0.691 e. The Hall–Kier alpha value is -0.860. The van der Waals surface area contributed by atoms with Crippen LogP contribution in [0, 0.1) is 28.6 Å². The number of hydrogen-bond donors (Lipinski definition) is 3. The van der Waals surface area contributed by atoms with Crippen LogP contribution in [-0.4, -0.2) is 67.3 Å². The molecule has 17 heteroatoms. The van der Waals surface area contributed by atoms with Gasteiger partial charge in [0.25, 0.3) is 10.0 Å². The minimum absolute atomic E-state index is 0.0223.